The third kappa shape index (κ3) is 2.99. The molecular formula is C14H12BrClN2O2. The fourth-order valence-corrected chi connectivity index (χ4v) is 2.44. The Morgan fingerprint density at radius 2 is 2.00 bits per heavy atom. The summed E-state index contributed by atoms with van der Waals surface area (Å²) in [5.41, 5.74) is 1.88. The number of rotatable bonds is 3. The first-order chi connectivity index (χ1) is 9.72. The van der Waals surface area contributed by atoms with Gasteiger partial charge >= 0.3 is 0 Å². The van der Waals surface area contributed by atoms with Gasteiger partial charge in [-0.3, -0.25) is 0 Å². The predicted molar refractivity (Wildman–Crippen MR) is 81.7 cm³/mol. The average Bonchev–Trinajstić information content (AvgIpc) is 2.48. The van der Waals surface area contributed by atoms with Crippen LogP contribution in [0.4, 0.5) is 5.69 Å². The van der Waals surface area contributed by atoms with Crippen LogP contribution in [0.15, 0.2) is 34.9 Å². The van der Waals surface area contributed by atoms with E-state index in [0.717, 1.165) is 27.2 Å². The van der Waals surface area contributed by atoms with Crippen molar-refractivity contribution >= 4 is 33.2 Å². The van der Waals surface area contributed by atoms with Crippen molar-refractivity contribution in [3.63, 3.8) is 0 Å². The summed E-state index contributed by atoms with van der Waals surface area (Å²) < 4.78 is 11.9. The zero-order valence-electron chi connectivity index (χ0n) is 10.5. The van der Waals surface area contributed by atoms with Crippen LogP contribution >= 0.6 is 27.5 Å². The van der Waals surface area contributed by atoms with E-state index in [1.54, 1.807) is 6.20 Å². The van der Waals surface area contributed by atoms with E-state index in [0.29, 0.717) is 24.9 Å². The van der Waals surface area contributed by atoms with Crippen LogP contribution in [0, 0.1) is 0 Å². The van der Waals surface area contributed by atoms with Gasteiger partial charge in [-0.25, -0.2) is 4.98 Å². The van der Waals surface area contributed by atoms with Gasteiger partial charge in [0.25, 0.3) is 0 Å². The van der Waals surface area contributed by atoms with Crippen molar-refractivity contribution in [2.75, 3.05) is 18.5 Å². The Kier molecular flexibility index (Phi) is 3.98. The first-order valence-electron chi connectivity index (χ1n) is 6.16. The van der Waals surface area contributed by atoms with Crippen LogP contribution in [0.5, 0.6) is 11.5 Å². The number of nitrogens with zero attached hydrogens (tertiary/aromatic N) is 1. The first kappa shape index (κ1) is 13.5. The van der Waals surface area contributed by atoms with Crippen molar-refractivity contribution in [2.45, 2.75) is 6.54 Å². The lowest BCUT2D eigenvalue weighted by Gasteiger charge is -2.19. The Morgan fingerprint density at radius 3 is 2.85 bits per heavy atom. The van der Waals surface area contributed by atoms with Crippen LogP contribution in [-0.2, 0) is 6.54 Å². The predicted octanol–water partition coefficient (Wildman–Crippen LogP) is 3.88. The number of fused-ring (bicyclic) bond motifs is 1. The molecule has 0 fully saturated rings. The van der Waals surface area contributed by atoms with E-state index in [1.807, 2.05) is 24.3 Å². The quantitative estimate of drug-likeness (QED) is 0.849. The highest BCUT2D eigenvalue weighted by Crippen LogP contribution is 2.31. The molecular weight excluding hydrogens is 344 g/mol. The van der Waals surface area contributed by atoms with Crippen LogP contribution in [0.2, 0.25) is 5.15 Å². The molecule has 0 amide bonds. The van der Waals surface area contributed by atoms with Crippen molar-refractivity contribution < 1.29 is 9.47 Å². The minimum Gasteiger partial charge on any atom is -0.486 e. The minimum absolute atomic E-state index is 0.450. The van der Waals surface area contributed by atoms with Gasteiger partial charge in [0.1, 0.15) is 13.2 Å². The van der Waals surface area contributed by atoms with Gasteiger partial charge in [0, 0.05) is 17.2 Å². The monoisotopic (exact) mass is 354 g/mol. The highest BCUT2D eigenvalue weighted by Gasteiger charge is 2.11. The van der Waals surface area contributed by atoms with E-state index in [9.17, 15) is 0 Å². The molecule has 2 heterocycles. The number of pyridine rings is 1. The lowest BCUT2D eigenvalue weighted by Crippen LogP contribution is -2.15. The van der Waals surface area contributed by atoms with Gasteiger partial charge in [-0.15, -0.1) is 0 Å². The molecule has 0 saturated carbocycles. The molecule has 6 heteroatoms. The molecule has 3 rings (SSSR count). The van der Waals surface area contributed by atoms with Gasteiger partial charge in [-0.1, -0.05) is 17.7 Å². The number of ether oxygens (including phenoxy) is 2. The van der Waals surface area contributed by atoms with E-state index in [2.05, 4.69) is 26.2 Å². The summed E-state index contributed by atoms with van der Waals surface area (Å²) in [6, 6.07) is 7.79. The average molecular weight is 356 g/mol. The standard InChI is InChI=1S/C14H12BrClN2O2/c15-10-6-11(14(16)18-8-10)17-7-9-1-2-12-13(5-9)20-4-3-19-12/h1-2,5-6,8,17H,3-4,7H2. The maximum Gasteiger partial charge on any atom is 0.161 e. The van der Waals surface area contributed by atoms with E-state index >= 15 is 0 Å². The van der Waals surface area contributed by atoms with Gasteiger partial charge in [-0.05, 0) is 39.7 Å². The molecule has 104 valence electrons. The molecule has 20 heavy (non-hydrogen) atoms. The zero-order valence-corrected chi connectivity index (χ0v) is 12.9. The number of aromatic nitrogens is 1. The van der Waals surface area contributed by atoms with Crippen LogP contribution in [-0.4, -0.2) is 18.2 Å². The summed E-state index contributed by atoms with van der Waals surface area (Å²) in [6.45, 7) is 1.82. The summed E-state index contributed by atoms with van der Waals surface area (Å²) in [5, 5.41) is 3.71. The largest absolute Gasteiger partial charge is 0.486 e. The number of benzene rings is 1. The maximum atomic E-state index is 6.04. The van der Waals surface area contributed by atoms with Crippen molar-refractivity contribution in [3.05, 3.63) is 45.7 Å². The van der Waals surface area contributed by atoms with E-state index in [4.69, 9.17) is 21.1 Å². The van der Waals surface area contributed by atoms with E-state index in [1.165, 1.54) is 0 Å². The number of anilines is 1. The van der Waals surface area contributed by atoms with Gasteiger partial charge < -0.3 is 14.8 Å². The van der Waals surface area contributed by atoms with Crippen LogP contribution in [0.1, 0.15) is 5.56 Å². The summed E-state index contributed by atoms with van der Waals surface area (Å²) in [6.07, 6.45) is 1.66. The molecule has 1 aromatic heterocycles. The molecule has 0 atom stereocenters. The smallest absolute Gasteiger partial charge is 0.161 e. The lowest BCUT2D eigenvalue weighted by molar-refractivity contribution is 0.171. The summed E-state index contributed by atoms with van der Waals surface area (Å²) in [4.78, 5) is 4.07. The lowest BCUT2D eigenvalue weighted by atomic mass is 10.2. The second-order valence-electron chi connectivity index (χ2n) is 4.32. The molecule has 0 aliphatic carbocycles. The molecule has 0 radical (unpaired) electrons. The number of nitrogens with one attached hydrogen (secondary N) is 1. The molecule has 4 nitrogen and oxygen atoms in total. The number of hydrogen-bond donors (Lipinski definition) is 1. The van der Waals surface area contributed by atoms with Crippen molar-refractivity contribution in [3.8, 4) is 11.5 Å². The summed E-state index contributed by atoms with van der Waals surface area (Å²) in [5.74, 6) is 1.58. The van der Waals surface area contributed by atoms with Crippen molar-refractivity contribution in [1.29, 1.82) is 0 Å². The second-order valence-corrected chi connectivity index (χ2v) is 5.60. The van der Waals surface area contributed by atoms with Crippen molar-refractivity contribution in [2.24, 2.45) is 0 Å². The Labute approximate surface area is 130 Å². The Balaban J connectivity index is 1.73. The van der Waals surface area contributed by atoms with Crippen LogP contribution in [0.25, 0.3) is 0 Å². The zero-order chi connectivity index (χ0) is 13.9. The highest BCUT2D eigenvalue weighted by atomic mass is 79.9. The molecule has 0 spiro atoms. The molecule has 2 aromatic rings. The Morgan fingerprint density at radius 1 is 1.20 bits per heavy atom. The maximum absolute atomic E-state index is 6.04. The van der Waals surface area contributed by atoms with Crippen molar-refractivity contribution in [1.82, 2.24) is 4.98 Å². The molecule has 1 aromatic carbocycles. The highest BCUT2D eigenvalue weighted by molar-refractivity contribution is 9.10. The van der Waals surface area contributed by atoms with Crippen LogP contribution < -0.4 is 14.8 Å². The molecule has 1 aliphatic heterocycles. The fraction of sp³-hybridized carbons (Fsp3) is 0.214. The molecule has 1 N–H and O–H groups in total. The topological polar surface area (TPSA) is 43.4 Å². The molecule has 0 bridgehead atoms. The summed E-state index contributed by atoms with van der Waals surface area (Å²) >= 11 is 9.41. The third-order valence-corrected chi connectivity index (χ3v) is 3.63. The Hall–Kier alpha value is -1.46. The summed E-state index contributed by atoms with van der Waals surface area (Å²) in [7, 11) is 0. The Bertz CT molecular complexity index is 637. The second kappa shape index (κ2) is 5.89. The SMILES string of the molecule is Clc1ncc(Br)cc1NCc1ccc2c(c1)OCCO2. The molecule has 1 aliphatic rings. The normalized spacial score (nSPS) is 13.1. The molecule has 0 saturated heterocycles. The molecule has 0 unspecified atom stereocenters. The number of halogens is 2. The van der Waals surface area contributed by atoms with E-state index in [-0.39, 0.29) is 0 Å². The minimum atomic E-state index is 0.450. The van der Waals surface area contributed by atoms with E-state index < -0.39 is 0 Å². The van der Waals surface area contributed by atoms with Gasteiger partial charge in [0.15, 0.2) is 16.7 Å². The fourth-order valence-electron chi connectivity index (χ4n) is 1.94. The van der Waals surface area contributed by atoms with Gasteiger partial charge in [-0.2, -0.15) is 0 Å². The van der Waals surface area contributed by atoms with Gasteiger partial charge in [0.2, 0.25) is 0 Å². The van der Waals surface area contributed by atoms with Gasteiger partial charge in [0.05, 0.1) is 5.69 Å². The number of hydrogen-bond acceptors (Lipinski definition) is 4. The first-order valence-corrected chi connectivity index (χ1v) is 7.33. The third-order valence-electron chi connectivity index (χ3n) is 2.90. The van der Waals surface area contributed by atoms with Crippen LogP contribution in [0.3, 0.4) is 0 Å².